The number of nitrogens with one attached hydrogen (secondary N) is 1. The molecular formula is C14H21N3O. The van der Waals surface area contributed by atoms with Crippen molar-refractivity contribution in [3.05, 3.63) is 11.4 Å². The van der Waals surface area contributed by atoms with Crippen LogP contribution in [0.4, 0.5) is 5.82 Å². The van der Waals surface area contributed by atoms with Crippen LogP contribution in [0.5, 0.6) is 5.88 Å². The molecule has 0 aromatic carbocycles. The molecule has 4 heteroatoms. The third kappa shape index (κ3) is 2.57. The maximum absolute atomic E-state index is 5.88. The molecule has 0 saturated heterocycles. The lowest BCUT2D eigenvalue weighted by atomic mass is 10.3. The zero-order chi connectivity index (χ0) is 12.5. The Hall–Kier alpha value is -1.32. The van der Waals surface area contributed by atoms with Crippen molar-refractivity contribution in [1.29, 1.82) is 0 Å². The molecule has 2 fully saturated rings. The van der Waals surface area contributed by atoms with Crippen molar-refractivity contribution >= 4 is 5.82 Å². The average Bonchev–Trinajstić information content (AvgIpc) is 3.24. The maximum atomic E-state index is 5.88. The van der Waals surface area contributed by atoms with Gasteiger partial charge in [0.1, 0.15) is 11.6 Å². The third-order valence-corrected chi connectivity index (χ3v) is 3.56. The van der Waals surface area contributed by atoms with Gasteiger partial charge in [0.05, 0.1) is 12.2 Å². The molecule has 18 heavy (non-hydrogen) atoms. The number of aromatic nitrogens is 2. The Labute approximate surface area is 108 Å². The van der Waals surface area contributed by atoms with Crippen LogP contribution in [-0.4, -0.2) is 23.1 Å². The van der Waals surface area contributed by atoms with E-state index >= 15 is 0 Å². The van der Waals surface area contributed by atoms with Crippen LogP contribution in [0.2, 0.25) is 0 Å². The first kappa shape index (κ1) is 11.8. The minimum Gasteiger partial charge on any atom is -0.477 e. The van der Waals surface area contributed by atoms with Crippen LogP contribution in [0.3, 0.4) is 0 Å². The first-order chi connectivity index (χ1) is 8.78. The second-order valence-electron chi connectivity index (χ2n) is 5.42. The molecule has 0 spiro atoms. The van der Waals surface area contributed by atoms with Crippen LogP contribution in [0.15, 0.2) is 0 Å². The van der Waals surface area contributed by atoms with Crippen LogP contribution < -0.4 is 10.1 Å². The van der Waals surface area contributed by atoms with Gasteiger partial charge in [-0.1, -0.05) is 0 Å². The molecule has 1 aromatic heterocycles. The van der Waals surface area contributed by atoms with Crippen molar-refractivity contribution < 1.29 is 4.74 Å². The zero-order valence-corrected chi connectivity index (χ0v) is 11.2. The van der Waals surface area contributed by atoms with Gasteiger partial charge in [0, 0.05) is 12.5 Å². The van der Waals surface area contributed by atoms with Gasteiger partial charge in [0.15, 0.2) is 0 Å². The fourth-order valence-corrected chi connectivity index (χ4v) is 2.00. The lowest BCUT2D eigenvalue weighted by Crippen LogP contribution is -2.10. The van der Waals surface area contributed by atoms with Gasteiger partial charge in [-0.25, -0.2) is 4.98 Å². The molecule has 2 aliphatic carbocycles. The summed E-state index contributed by atoms with van der Waals surface area (Å²) in [5.41, 5.74) is 1.04. The molecule has 1 heterocycles. The first-order valence-corrected chi connectivity index (χ1v) is 7.03. The van der Waals surface area contributed by atoms with Crippen LogP contribution in [-0.2, 0) is 0 Å². The Morgan fingerprint density at radius 2 is 2.00 bits per heavy atom. The van der Waals surface area contributed by atoms with E-state index in [2.05, 4.69) is 22.2 Å². The molecule has 1 N–H and O–H groups in total. The highest BCUT2D eigenvalue weighted by Gasteiger charge is 2.29. The second kappa shape index (κ2) is 4.75. The molecule has 0 amide bonds. The summed E-state index contributed by atoms with van der Waals surface area (Å²) < 4.78 is 5.88. The minimum atomic E-state index is 0.561. The van der Waals surface area contributed by atoms with Crippen molar-refractivity contribution in [2.45, 2.75) is 45.4 Å². The van der Waals surface area contributed by atoms with E-state index in [-0.39, 0.29) is 0 Å². The molecule has 2 saturated carbocycles. The number of ether oxygens (including phenoxy) is 1. The predicted molar refractivity (Wildman–Crippen MR) is 71.1 cm³/mol. The molecule has 0 aliphatic heterocycles. The van der Waals surface area contributed by atoms with E-state index in [1.54, 1.807) is 0 Å². The summed E-state index contributed by atoms with van der Waals surface area (Å²) in [5.74, 6) is 4.01. The number of nitrogens with zero attached hydrogens (tertiary/aromatic N) is 2. The summed E-state index contributed by atoms with van der Waals surface area (Å²) in [6.45, 7) is 5.82. The molecule has 2 aliphatic rings. The van der Waals surface area contributed by atoms with Crippen LogP contribution in [0.1, 0.15) is 49.9 Å². The molecule has 0 unspecified atom stereocenters. The molecular weight excluding hydrogens is 226 g/mol. The summed E-state index contributed by atoms with van der Waals surface area (Å²) in [7, 11) is 0. The van der Waals surface area contributed by atoms with E-state index in [1.165, 1.54) is 25.7 Å². The van der Waals surface area contributed by atoms with E-state index in [9.17, 15) is 0 Å². The van der Waals surface area contributed by atoms with Crippen LogP contribution in [0, 0.1) is 12.8 Å². The highest BCUT2D eigenvalue weighted by molar-refractivity contribution is 5.49. The van der Waals surface area contributed by atoms with Crippen LogP contribution in [0.25, 0.3) is 0 Å². The lowest BCUT2D eigenvalue weighted by molar-refractivity contribution is 0.285. The van der Waals surface area contributed by atoms with E-state index in [0.29, 0.717) is 5.92 Å². The quantitative estimate of drug-likeness (QED) is 0.839. The SMILES string of the molecule is CCNc1nc(C2CC2)nc(OCC2CC2)c1C. The Morgan fingerprint density at radius 1 is 1.22 bits per heavy atom. The molecule has 98 valence electrons. The minimum absolute atomic E-state index is 0.561. The largest absolute Gasteiger partial charge is 0.477 e. The topological polar surface area (TPSA) is 47.0 Å². The van der Waals surface area contributed by atoms with E-state index in [1.807, 2.05) is 6.92 Å². The predicted octanol–water partition coefficient (Wildman–Crippen LogP) is 2.88. The molecule has 1 aromatic rings. The fraction of sp³-hybridized carbons (Fsp3) is 0.714. The Balaban J connectivity index is 1.83. The van der Waals surface area contributed by atoms with E-state index in [0.717, 1.165) is 42.2 Å². The molecule has 4 nitrogen and oxygen atoms in total. The third-order valence-electron chi connectivity index (χ3n) is 3.56. The maximum Gasteiger partial charge on any atom is 0.221 e. The molecule has 0 radical (unpaired) electrons. The summed E-state index contributed by atoms with van der Waals surface area (Å²) in [6, 6.07) is 0. The van der Waals surface area contributed by atoms with Crippen molar-refractivity contribution in [2.24, 2.45) is 5.92 Å². The first-order valence-electron chi connectivity index (χ1n) is 7.03. The number of hydrogen-bond acceptors (Lipinski definition) is 4. The van der Waals surface area contributed by atoms with Gasteiger partial charge in [0.25, 0.3) is 0 Å². The van der Waals surface area contributed by atoms with Crippen molar-refractivity contribution in [3.8, 4) is 5.88 Å². The zero-order valence-electron chi connectivity index (χ0n) is 11.2. The molecule has 0 atom stereocenters. The number of anilines is 1. The van der Waals surface area contributed by atoms with Gasteiger partial charge in [0.2, 0.25) is 5.88 Å². The standard InChI is InChI=1S/C14H21N3O/c1-3-15-12-9(2)14(18-8-10-4-5-10)17-13(16-12)11-6-7-11/h10-11H,3-8H2,1-2H3,(H,15,16,17). The Kier molecular flexibility index (Phi) is 3.10. The van der Waals surface area contributed by atoms with Gasteiger partial charge < -0.3 is 10.1 Å². The summed E-state index contributed by atoms with van der Waals surface area (Å²) in [4.78, 5) is 9.23. The van der Waals surface area contributed by atoms with Gasteiger partial charge in [-0.3, -0.25) is 0 Å². The number of hydrogen-bond donors (Lipinski definition) is 1. The van der Waals surface area contributed by atoms with Crippen molar-refractivity contribution in [1.82, 2.24) is 9.97 Å². The highest BCUT2D eigenvalue weighted by Crippen LogP contribution is 2.40. The van der Waals surface area contributed by atoms with Gasteiger partial charge in [-0.15, -0.1) is 0 Å². The van der Waals surface area contributed by atoms with E-state index in [4.69, 9.17) is 4.74 Å². The Morgan fingerprint density at radius 3 is 2.61 bits per heavy atom. The van der Waals surface area contributed by atoms with Crippen LogP contribution >= 0.6 is 0 Å². The lowest BCUT2D eigenvalue weighted by Gasteiger charge is -2.13. The normalized spacial score (nSPS) is 18.8. The smallest absolute Gasteiger partial charge is 0.221 e. The second-order valence-corrected chi connectivity index (χ2v) is 5.42. The van der Waals surface area contributed by atoms with Crippen molar-refractivity contribution in [2.75, 3.05) is 18.5 Å². The van der Waals surface area contributed by atoms with Crippen molar-refractivity contribution in [3.63, 3.8) is 0 Å². The van der Waals surface area contributed by atoms with E-state index < -0.39 is 0 Å². The summed E-state index contributed by atoms with van der Waals surface area (Å²) in [5, 5.41) is 3.31. The summed E-state index contributed by atoms with van der Waals surface area (Å²) in [6.07, 6.45) is 5.05. The van der Waals surface area contributed by atoms with Gasteiger partial charge in [-0.2, -0.15) is 4.98 Å². The number of rotatable bonds is 6. The average molecular weight is 247 g/mol. The molecule has 3 rings (SSSR count). The summed E-state index contributed by atoms with van der Waals surface area (Å²) >= 11 is 0. The highest BCUT2D eigenvalue weighted by atomic mass is 16.5. The van der Waals surface area contributed by atoms with Gasteiger partial charge >= 0.3 is 0 Å². The Bertz CT molecular complexity index is 439. The van der Waals surface area contributed by atoms with Gasteiger partial charge in [-0.05, 0) is 45.4 Å². The fourth-order valence-electron chi connectivity index (χ4n) is 2.00. The monoisotopic (exact) mass is 247 g/mol. The molecule has 0 bridgehead atoms.